The number of halogens is 1. The van der Waals surface area contributed by atoms with E-state index in [1.165, 1.54) is 29.2 Å². The van der Waals surface area contributed by atoms with Crippen LogP contribution in [0.1, 0.15) is 18.1 Å². The molecule has 0 saturated carbocycles. The second-order valence-corrected chi connectivity index (χ2v) is 6.38. The van der Waals surface area contributed by atoms with Crippen molar-refractivity contribution in [2.45, 2.75) is 13.5 Å². The average molecular weight is 402 g/mol. The Kier molecular flexibility index (Phi) is 7.71. The van der Waals surface area contributed by atoms with Crippen molar-refractivity contribution in [3.63, 3.8) is 0 Å². The molecule has 2 aromatic rings. The standard InChI is InChI=1S/C20H20ClN3O4/c1-2-23(14-19(25)22-13-16-6-9-17(21)10-7-16)20(26)11-8-15-4-3-5-18(12-15)24(27)28/h3-12H,2,13-14H2,1H3,(H,22,25). The molecule has 0 unspecified atom stereocenters. The number of hydrogen-bond donors (Lipinski definition) is 1. The highest BCUT2D eigenvalue weighted by molar-refractivity contribution is 6.30. The number of nitro groups is 1. The number of likely N-dealkylation sites (N-methyl/N-ethyl adjacent to an activating group) is 1. The van der Waals surface area contributed by atoms with Gasteiger partial charge in [0.05, 0.1) is 11.5 Å². The van der Waals surface area contributed by atoms with Gasteiger partial charge in [-0.3, -0.25) is 19.7 Å². The fraction of sp³-hybridized carbons (Fsp3) is 0.200. The Morgan fingerprint density at radius 2 is 1.93 bits per heavy atom. The molecule has 0 fully saturated rings. The van der Waals surface area contributed by atoms with Crippen LogP contribution in [0.15, 0.2) is 54.6 Å². The molecule has 2 amide bonds. The smallest absolute Gasteiger partial charge is 0.270 e. The van der Waals surface area contributed by atoms with Gasteiger partial charge in [-0.15, -0.1) is 0 Å². The molecule has 146 valence electrons. The predicted octanol–water partition coefficient (Wildman–Crippen LogP) is 3.43. The van der Waals surface area contributed by atoms with E-state index in [9.17, 15) is 19.7 Å². The molecule has 0 heterocycles. The SMILES string of the molecule is CCN(CC(=O)NCc1ccc(Cl)cc1)C(=O)C=Cc1cccc([N+](=O)[O-])c1. The minimum absolute atomic E-state index is 0.0523. The van der Waals surface area contributed by atoms with E-state index in [1.54, 1.807) is 31.2 Å². The summed E-state index contributed by atoms with van der Waals surface area (Å²) in [5.74, 6) is -0.635. The summed E-state index contributed by atoms with van der Waals surface area (Å²) in [6.07, 6.45) is 2.79. The molecular weight excluding hydrogens is 382 g/mol. The lowest BCUT2D eigenvalue weighted by Gasteiger charge is -2.18. The second kappa shape index (κ2) is 10.2. The van der Waals surface area contributed by atoms with Gasteiger partial charge in [-0.1, -0.05) is 35.9 Å². The summed E-state index contributed by atoms with van der Waals surface area (Å²) in [6, 6.07) is 13.1. The lowest BCUT2D eigenvalue weighted by molar-refractivity contribution is -0.384. The van der Waals surface area contributed by atoms with Crippen LogP contribution in [0.3, 0.4) is 0 Å². The summed E-state index contributed by atoms with van der Waals surface area (Å²) in [5.41, 5.74) is 1.38. The van der Waals surface area contributed by atoms with Crippen molar-refractivity contribution in [2.24, 2.45) is 0 Å². The van der Waals surface area contributed by atoms with Crippen molar-refractivity contribution in [1.29, 1.82) is 0 Å². The monoisotopic (exact) mass is 401 g/mol. The molecule has 7 nitrogen and oxygen atoms in total. The van der Waals surface area contributed by atoms with Crippen LogP contribution in [-0.4, -0.2) is 34.7 Å². The van der Waals surface area contributed by atoms with E-state index >= 15 is 0 Å². The minimum Gasteiger partial charge on any atom is -0.350 e. The van der Waals surface area contributed by atoms with E-state index in [0.717, 1.165) is 5.56 Å². The van der Waals surface area contributed by atoms with Crippen LogP contribution in [0.4, 0.5) is 5.69 Å². The first-order valence-electron chi connectivity index (χ1n) is 8.61. The molecule has 1 N–H and O–H groups in total. The fourth-order valence-corrected chi connectivity index (χ4v) is 2.52. The maximum Gasteiger partial charge on any atom is 0.270 e. The van der Waals surface area contributed by atoms with Gasteiger partial charge >= 0.3 is 0 Å². The summed E-state index contributed by atoms with van der Waals surface area (Å²) in [4.78, 5) is 36.1. The van der Waals surface area contributed by atoms with Gasteiger partial charge < -0.3 is 10.2 Å². The van der Waals surface area contributed by atoms with E-state index < -0.39 is 4.92 Å². The highest BCUT2D eigenvalue weighted by Gasteiger charge is 2.13. The van der Waals surface area contributed by atoms with Crippen LogP contribution >= 0.6 is 11.6 Å². The lowest BCUT2D eigenvalue weighted by atomic mass is 10.2. The number of nitro benzene ring substituents is 1. The van der Waals surface area contributed by atoms with Crippen LogP contribution in [0.25, 0.3) is 6.08 Å². The van der Waals surface area contributed by atoms with Crippen LogP contribution < -0.4 is 5.32 Å². The molecule has 0 spiro atoms. The first-order chi connectivity index (χ1) is 13.4. The number of rotatable bonds is 8. The first kappa shape index (κ1) is 21.1. The molecule has 0 saturated heterocycles. The molecule has 0 aromatic heterocycles. The summed E-state index contributed by atoms with van der Waals surface area (Å²) in [5, 5.41) is 14.2. The third-order valence-corrected chi connectivity index (χ3v) is 4.18. The van der Waals surface area contributed by atoms with Crippen molar-refractivity contribution < 1.29 is 14.5 Å². The summed E-state index contributed by atoms with van der Waals surface area (Å²) < 4.78 is 0. The van der Waals surface area contributed by atoms with Gasteiger partial charge in [-0.05, 0) is 36.3 Å². The van der Waals surface area contributed by atoms with Crippen molar-refractivity contribution in [3.8, 4) is 0 Å². The predicted molar refractivity (Wildman–Crippen MR) is 108 cm³/mol. The minimum atomic E-state index is -0.497. The Balaban J connectivity index is 1.91. The Bertz CT molecular complexity index is 881. The number of benzene rings is 2. The van der Waals surface area contributed by atoms with Gasteiger partial charge in [0.25, 0.3) is 5.69 Å². The lowest BCUT2D eigenvalue weighted by Crippen LogP contribution is -2.39. The highest BCUT2D eigenvalue weighted by Crippen LogP contribution is 2.14. The Labute approximate surface area is 167 Å². The van der Waals surface area contributed by atoms with Gasteiger partial charge in [-0.2, -0.15) is 0 Å². The number of nitrogens with one attached hydrogen (secondary N) is 1. The first-order valence-corrected chi connectivity index (χ1v) is 8.99. The van der Waals surface area contributed by atoms with Gasteiger partial charge in [0.2, 0.25) is 11.8 Å². The zero-order chi connectivity index (χ0) is 20.5. The van der Waals surface area contributed by atoms with Gasteiger partial charge in [-0.25, -0.2) is 0 Å². The molecule has 8 heteroatoms. The number of amides is 2. The maximum atomic E-state index is 12.3. The zero-order valence-electron chi connectivity index (χ0n) is 15.3. The average Bonchev–Trinajstić information content (AvgIpc) is 2.70. The maximum absolute atomic E-state index is 12.3. The van der Waals surface area contributed by atoms with E-state index in [2.05, 4.69) is 5.32 Å². The Morgan fingerprint density at radius 1 is 1.21 bits per heavy atom. The Hall–Kier alpha value is -3.19. The third kappa shape index (κ3) is 6.51. The summed E-state index contributed by atoms with van der Waals surface area (Å²) in [6.45, 7) is 2.38. The molecule has 0 aliphatic heterocycles. The van der Waals surface area contributed by atoms with Crippen molar-refractivity contribution >= 4 is 35.2 Å². The van der Waals surface area contributed by atoms with Crippen LogP contribution in [0.5, 0.6) is 0 Å². The largest absolute Gasteiger partial charge is 0.350 e. The topological polar surface area (TPSA) is 92.6 Å². The number of carbonyl (C=O) groups excluding carboxylic acids is 2. The van der Waals surface area contributed by atoms with Gasteiger partial charge in [0, 0.05) is 36.3 Å². The molecule has 0 aliphatic carbocycles. The third-order valence-electron chi connectivity index (χ3n) is 3.93. The van der Waals surface area contributed by atoms with E-state index in [1.807, 2.05) is 12.1 Å². The van der Waals surface area contributed by atoms with Crippen molar-refractivity contribution in [3.05, 3.63) is 80.9 Å². The molecule has 0 radical (unpaired) electrons. The molecule has 0 bridgehead atoms. The zero-order valence-corrected chi connectivity index (χ0v) is 16.1. The summed E-state index contributed by atoms with van der Waals surface area (Å²) >= 11 is 5.82. The summed E-state index contributed by atoms with van der Waals surface area (Å²) in [7, 11) is 0. The fourth-order valence-electron chi connectivity index (χ4n) is 2.39. The number of non-ortho nitro benzene ring substituents is 1. The van der Waals surface area contributed by atoms with E-state index in [0.29, 0.717) is 23.7 Å². The molecule has 2 aromatic carbocycles. The number of carbonyl (C=O) groups is 2. The quantitative estimate of drug-likeness (QED) is 0.416. The van der Waals surface area contributed by atoms with Crippen LogP contribution in [0, 0.1) is 10.1 Å². The van der Waals surface area contributed by atoms with E-state index in [4.69, 9.17) is 11.6 Å². The number of hydrogen-bond acceptors (Lipinski definition) is 4. The number of nitrogens with zero attached hydrogens (tertiary/aromatic N) is 2. The molecule has 28 heavy (non-hydrogen) atoms. The highest BCUT2D eigenvalue weighted by atomic mass is 35.5. The van der Waals surface area contributed by atoms with Gasteiger partial charge in [0.15, 0.2) is 0 Å². The second-order valence-electron chi connectivity index (χ2n) is 5.94. The van der Waals surface area contributed by atoms with Crippen LogP contribution in [-0.2, 0) is 16.1 Å². The van der Waals surface area contributed by atoms with Crippen LogP contribution in [0.2, 0.25) is 5.02 Å². The van der Waals surface area contributed by atoms with Crippen molar-refractivity contribution in [2.75, 3.05) is 13.1 Å². The molecule has 2 rings (SSSR count). The molecular formula is C20H20ClN3O4. The molecule has 0 atom stereocenters. The van der Waals surface area contributed by atoms with Crippen molar-refractivity contribution in [1.82, 2.24) is 10.2 Å². The van der Waals surface area contributed by atoms with Gasteiger partial charge in [0.1, 0.15) is 0 Å². The van der Waals surface area contributed by atoms with E-state index in [-0.39, 0.29) is 24.0 Å². The Morgan fingerprint density at radius 3 is 2.57 bits per heavy atom. The normalized spacial score (nSPS) is 10.6. The molecule has 0 aliphatic rings.